The molecule has 2 atom stereocenters. The van der Waals surface area contributed by atoms with Crippen LogP contribution in [0.25, 0.3) is 0 Å². The predicted octanol–water partition coefficient (Wildman–Crippen LogP) is 3.19. The zero-order valence-electron chi connectivity index (χ0n) is 15.7. The molecule has 0 aliphatic heterocycles. The van der Waals surface area contributed by atoms with E-state index >= 15 is 0 Å². The summed E-state index contributed by atoms with van der Waals surface area (Å²) in [5.41, 5.74) is 0.932. The normalized spacial score (nSPS) is 13.4. The quantitative estimate of drug-likeness (QED) is 0.550. The van der Waals surface area contributed by atoms with Gasteiger partial charge in [0.1, 0.15) is 6.04 Å². The first-order valence-electron chi connectivity index (χ1n) is 8.64. The number of carboxylic acids is 1. The molecule has 0 radical (unpaired) electrons. The van der Waals surface area contributed by atoms with Gasteiger partial charge in [-0.3, -0.25) is 9.36 Å². The lowest BCUT2D eigenvalue weighted by Gasteiger charge is -2.19. The Morgan fingerprint density at radius 2 is 1.78 bits per heavy atom. The molecule has 0 spiro atoms. The van der Waals surface area contributed by atoms with Crippen LogP contribution in [-0.2, 0) is 24.6 Å². The highest BCUT2D eigenvalue weighted by Crippen LogP contribution is 2.51. The van der Waals surface area contributed by atoms with E-state index in [1.165, 1.54) is 12.1 Å². The van der Waals surface area contributed by atoms with E-state index in [9.17, 15) is 19.3 Å². The van der Waals surface area contributed by atoms with Crippen LogP contribution in [0.15, 0.2) is 24.3 Å². The van der Waals surface area contributed by atoms with E-state index in [0.29, 0.717) is 5.56 Å². The van der Waals surface area contributed by atoms with Gasteiger partial charge in [0.2, 0.25) is 0 Å². The maximum Gasteiger partial charge on any atom is 0.335 e. The van der Waals surface area contributed by atoms with Crippen molar-refractivity contribution in [2.75, 3.05) is 13.2 Å². The van der Waals surface area contributed by atoms with Crippen LogP contribution in [0.1, 0.15) is 43.1 Å². The minimum absolute atomic E-state index is 0.0142. The molecule has 9 heteroatoms. The van der Waals surface area contributed by atoms with E-state index in [0.717, 1.165) is 0 Å². The zero-order chi connectivity index (χ0) is 20.4. The standard InChI is InChI=1S/C18H25N2O6P/c1-4-25-27(24,26-5-2)12-14-6-8-15(9-7-14)17(21)20-16(18(22)23)13(3)10-11-19/h6-9,13,16H,4-5,10,12H2,1-3H3,(H,20,21)(H,22,23)/t13-,16+/m1/s1. The maximum absolute atomic E-state index is 12.5. The van der Waals surface area contributed by atoms with Gasteiger partial charge in [0, 0.05) is 17.9 Å². The number of hydrogen-bond acceptors (Lipinski definition) is 6. The Labute approximate surface area is 159 Å². The van der Waals surface area contributed by atoms with Gasteiger partial charge in [-0.25, -0.2) is 4.79 Å². The Morgan fingerprint density at radius 1 is 1.22 bits per heavy atom. The van der Waals surface area contributed by atoms with Crippen LogP contribution in [-0.4, -0.2) is 36.2 Å². The number of carbonyl (C=O) groups excluding carboxylic acids is 1. The molecular formula is C18H25N2O6P. The third-order valence-corrected chi connectivity index (χ3v) is 5.83. The van der Waals surface area contributed by atoms with Crippen LogP contribution in [0, 0.1) is 17.2 Å². The average molecular weight is 396 g/mol. The molecule has 27 heavy (non-hydrogen) atoms. The minimum atomic E-state index is -3.25. The Hall–Kier alpha value is -2.20. The lowest BCUT2D eigenvalue weighted by atomic mass is 9.98. The lowest BCUT2D eigenvalue weighted by Crippen LogP contribution is -2.45. The highest BCUT2D eigenvalue weighted by Gasteiger charge is 2.27. The summed E-state index contributed by atoms with van der Waals surface area (Å²) in [7, 11) is -3.25. The zero-order valence-corrected chi connectivity index (χ0v) is 16.6. The van der Waals surface area contributed by atoms with Gasteiger partial charge in [0.05, 0.1) is 25.4 Å². The molecule has 0 saturated heterocycles. The second-order valence-electron chi connectivity index (χ2n) is 5.93. The molecule has 0 aliphatic rings. The SMILES string of the molecule is CCOP(=O)(Cc1ccc(C(=O)N[C@H](C(=O)O)[C@H](C)CC#N)cc1)OCC. The molecule has 1 amide bonds. The van der Waals surface area contributed by atoms with Crippen molar-refractivity contribution in [2.24, 2.45) is 5.92 Å². The summed E-state index contributed by atoms with van der Waals surface area (Å²) in [6, 6.07) is 7.01. The number of nitrogens with zero attached hydrogens (tertiary/aromatic N) is 1. The van der Waals surface area contributed by atoms with E-state index in [2.05, 4.69) is 5.32 Å². The summed E-state index contributed by atoms with van der Waals surface area (Å²) in [6.45, 7) is 5.56. The van der Waals surface area contributed by atoms with Gasteiger partial charge in [0.25, 0.3) is 5.91 Å². The van der Waals surface area contributed by atoms with E-state index in [-0.39, 0.29) is 31.4 Å². The molecule has 0 fully saturated rings. The Bertz CT molecular complexity index is 718. The third kappa shape index (κ3) is 7.14. The molecule has 1 rings (SSSR count). The summed E-state index contributed by atoms with van der Waals surface area (Å²) in [6.07, 6.45) is 0.0911. The molecule has 0 aliphatic carbocycles. The van der Waals surface area contributed by atoms with Crippen LogP contribution in [0.4, 0.5) is 0 Å². The molecule has 0 unspecified atom stereocenters. The first-order valence-corrected chi connectivity index (χ1v) is 10.4. The molecule has 8 nitrogen and oxygen atoms in total. The van der Waals surface area contributed by atoms with Crippen LogP contribution in [0.5, 0.6) is 0 Å². The van der Waals surface area contributed by atoms with Crippen LogP contribution < -0.4 is 5.32 Å². The van der Waals surface area contributed by atoms with Crippen LogP contribution in [0.2, 0.25) is 0 Å². The molecule has 148 valence electrons. The largest absolute Gasteiger partial charge is 0.480 e. The van der Waals surface area contributed by atoms with E-state index in [4.69, 9.17) is 14.3 Å². The average Bonchev–Trinajstić information content (AvgIpc) is 2.60. The first kappa shape index (κ1) is 22.8. The van der Waals surface area contributed by atoms with Crippen molar-refractivity contribution in [3.8, 4) is 6.07 Å². The molecule has 0 saturated carbocycles. The van der Waals surface area contributed by atoms with Gasteiger partial charge in [-0.05, 0) is 31.5 Å². The molecule has 2 N–H and O–H groups in total. The lowest BCUT2D eigenvalue weighted by molar-refractivity contribution is -0.140. The Kier molecular flexibility index (Phi) is 9.16. The summed E-state index contributed by atoms with van der Waals surface area (Å²) < 4.78 is 23.0. The number of rotatable bonds is 11. The number of carboxylic acid groups (broad SMARTS) is 1. The third-order valence-electron chi connectivity index (χ3n) is 3.78. The minimum Gasteiger partial charge on any atom is -0.480 e. The number of nitriles is 1. The van der Waals surface area contributed by atoms with Crippen molar-refractivity contribution in [1.29, 1.82) is 5.26 Å². The second-order valence-corrected chi connectivity index (χ2v) is 7.98. The maximum atomic E-state index is 12.5. The topological polar surface area (TPSA) is 126 Å². The summed E-state index contributed by atoms with van der Waals surface area (Å²) >= 11 is 0. The molecular weight excluding hydrogens is 371 g/mol. The van der Waals surface area contributed by atoms with Crippen molar-refractivity contribution in [1.82, 2.24) is 5.32 Å². The Morgan fingerprint density at radius 3 is 2.22 bits per heavy atom. The molecule has 0 heterocycles. The monoisotopic (exact) mass is 396 g/mol. The fourth-order valence-electron chi connectivity index (χ4n) is 2.44. The van der Waals surface area contributed by atoms with Gasteiger partial charge in [-0.15, -0.1) is 0 Å². The fraction of sp³-hybridized carbons (Fsp3) is 0.500. The van der Waals surface area contributed by atoms with Crippen molar-refractivity contribution in [2.45, 2.75) is 39.4 Å². The number of benzene rings is 1. The van der Waals surface area contributed by atoms with Crippen LogP contribution >= 0.6 is 7.60 Å². The van der Waals surface area contributed by atoms with Gasteiger partial charge >= 0.3 is 13.6 Å². The summed E-state index contributed by atoms with van der Waals surface area (Å²) in [5.74, 6) is -2.28. The van der Waals surface area contributed by atoms with E-state index in [1.807, 2.05) is 6.07 Å². The van der Waals surface area contributed by atoms with Gasteiger partial charge in [0.15, 0.2) is 0 Å². The molecule has 1 aromatic rings. The number of carbonyl (C=O) groups is 2. The molecule has 0 bridgehead atoms. The van der Waals surface area contributed by atoms with Gasteiger partial charge in [-0.1, -0.05) is 19.1 Å². The van der Waals surface area contributed by atoms with Crippen molar-refractivity contribution in [3.63, 3.8) is 0 Å². The first-order chi connectivity index (χ1) is 12.8. The second kappa shape index (κ2) is 10.8. The molecule has 1 aromatic carbocycles. The number of hydrogen-bond donors (Lipinski definition) is 2. The predicted molar refractivity (Wildman–Crippen MR) is 99.3 cm³/mol. The van der Waals surface area contributed by atoms with Crippen LogP contribution in [0.3, 0.4) is 0 Å². The van der Waals surface area contributed by atoms with Crippen molar-refractivity contribution < 1.29 is 28.3 Å². The van der Waals surface area contributed by atoms with Gasteiger partial charge < -0.3 is 19.5 Å². The smallest absolute Gasteiger partial charge is 0.335 e. The number of aliphatic carboxylic acids is 1. The highest BCUT2D eigenvalue weighted by atomic mass is 31.2. The van der Waals surface area contributed by atoms with Crippen molar-refractivity contribution >= 4 is 19.5 Å². The number of amides is 1. The molecule has 0 aromatic heterocycles. The van der Waals surface area contributed by atoms with Crippen molar-refractivity contribution in [3.05, 3.63) is 35.4 Å². The van der Waals surface area contributed by atoms with E-state index < -0.39 is 31.4 Å². The van der Waals surface area contributed by atoms with E-state index in [1.54, 1.807) is 32.9 Å². The highest BCUT2D eigenvalue weighted by molar-refractivity contribution is 7.53. The van der Waals surface area contributed by atoms with Gasteiger partial charge in [-0.2, -0.15) is 5.26 Å². The number of nitrogens with one attached hydrogen (secondary N) is 1. The fourth-order valence-corrected chi connectivity index (χ4v) is 4.14. The Balaban J connectivity index is 2.85. The summed E-state index contributed by atoms with van der Waals surface area (Å²) in [4.78, 5) is 23.6. The summed E-state index contributed by atoms with van der Waals surface area (Å²) in [5, 5.41) is 20.4.